The van der Waals surface area contributed by atoms with Crippen molar-refractivity contribution in [2.75, 3.05) is 6.61 Å². The fraction of sp³-hybridized carbons (Fsp3) is 0.417. The fourth-order valence-electron chi connectivity index (χ4n) is 1.38. The van der Waals surface area contributed by atoms with Crippen molar-refractivity contribution in [3.05, 3.63) is 32.9 Å². The number of rotatable bonds is 4. The van der Waals surface area contributed by atoms with Crippen LogP contribution in [0.2, 0.25) is 0 Å². The van der Waals surface area contributed by atoms with Crippen LogP contribution in [0.5, 0.6) is 0 Å². The zero-order chi connectivity index (χ0) is 12.1. The summed E-state index contributed by atoms with van der Waals surface area (Å²) in [6, 6.07) is 5.79. The minimum atomic E-state index is -0.0750. The highest BCUT2D eigenvalue weighted by Crippen LogP contribution is 2.14. The van der Waals surface area contributed by atoms with Gasteiger partial charge in [0.05, 0.1) is 5.56 Å². The predicted octanol–water partition coefficient (Wildman–Crippen LogP) is 2.10. The lowest BCUT2D eigenvalue weighted by molar-refractivity contribution is 0.0933. The number of carbonyl (C=O) groups is 1. The van der Waals surface area contributed by atoms with Crippen molar-refractivity contribution < 1.29 is 9.90 Å². The molecule has 0 aliphatic heterocycles. The topological polar surface area (TPSA) is 49.3 Å². The van der Waals surface area contributed by atoms with Crippen molar-refractivity contribution in [1.29, 1.82) is 0 Å². The Morgan fingerprint density at radius 2 is 2.25 bits per heavy atom. The normalized spacial score (nSPS) is 12.2. The molecule has 16 heavy (non-hydrogen) atoms. The van der Waals surface area contributed by atoms with Gasteiger partial charge in [0.1, 0.15) is 0 Å². The first-order chi connectivity index (χ1) is 7.54. The number of carbonyl (C=O) groups excluding carboxylic acids is 1. The standard InChI is InChI=1S/C12H16INO2/c1-8-3-4-11(13)10(7-8)12(16)14-9(2)5-6-15/h3-4,7,9,15H,5-6H2,1-2H3,(H,14,16). The molecule has 0 aliphatic carbocycles. The van der Waals surface area contributed by atoms with E-state index in [1.807, 2.05) is 32.0 Å². The van der Waals surface area contributed by atoms with E-state index in [0.29, 0.717) is 12.0 Å². The molecule has 3 nitrogen and oxygen atoms in total. The van der Waals surface area contributed by atoms with Gasteiger partial charge in [0, 0.05) is 16.2 Å². The Balaban J connectivity index is 2.76. The summed E-state index contributed by atoms with van der Waals surface area (Å²) in [5.74, 6) is -0.0750. The largest absolute Gasteiger partial charge is 0.396 e. The Morgan fingerprint density at radius 1 is 1.56 bits per heavy atom. The SMILES string of the molecule is Cc1ccc(I)c(C(=O)NC(C)CCO)c1. The number of aliphatic hydroxyl groups is 1. The van der Waals surface area contributed by atoms with E-state index in [1.165, 1.54) is 0 Å². The molecule has 2 N–H and O–H groups in total. The summed E-state index contributed by atoms with van der Waals surface area (Å²) in [6.07, 6.45) is 0.578. The van der Waals surface area contributed by atoms with E-state index in [4.69, 9.17) is 5.11 Å². The second-order valence-corrected chi connectivity index (χ2v) is 5.03. The average Bonchev–Trinajstić information content (AvgIpc) is 2.21. The molecule has 0 aromatic heterocycles. The summed E-state index contributed by atoms with van der Waals surface area (Å²) in [5.41, 5.74) is 1.77. The van der Waals surface area contributed by atoms with Gasteiger partial charge < -0.3 is 10.4 Å². The van der Waals surface area contributed by atoms with Crippen LogP contribution < -0.4 is 5.32 Å². The number of aryl methyl sites for hydroxylation is 1. The Hall–Kier alpha value is -0.620. The van der Waals surface area contributed by atoms with Crippen LogP contribution in [-0.4, -0.2) is 23.7 Å². The molecule has 0 fully saturated rings. The molecule has 88 valence electrons. The van der Waals surface area contributed by atoms with Crippen LogP contribution in [0.3, 0.4) is 0 Å². The third kappa shape index (κ3) is 3.75. The minimum absolute atomic E-state index is 0.00573. The van der Waals surface area contributed by atoms with Gasteiger partial charge >= 0.3 is 0 Å². The van der Waals surface area contributed by atoms with Crippen molar-refractivity contribution in [3.8, 4) is 0 Å². The van der Waals surface area contributed by atoms with Crippen LogP contribution in [-0.2, 0) is 0 Å². The summed E-state index contributed by atoms with van der Waals surface area (Å²) < 4.78 is 0.942. The van der Waals surface area contributed by atoms with Gasteiger partial charge in [-0.05, 0) is 55.0 Å². The maximum Gasteiger partial charge on any atom is 0.252 e. The summed E-state index contributed by atoms with van der Waals surface area (Å²) in [7, 11) is 0. The molecular weight excluding hydrogens is 317 g/mol. The first-order valence-electron chi connectivity index (χ1n) is 5.22. The molecule has 0 spiro atoms. The molecule has 0 bridgehead atoms. The molecule has 1 amide bonds. The van der Waals surface area contributed by atoms with Gasteiger partial charge in [0.25, 0.3) is 5.91 Å². The second-order valence-electron chi connectivity index (χ2n) is 3.87. The molecule has 0 heterocycles. The Labute approximate surface area is 109 Å². The van der Waals surface area contributed by atoms with Gasteiger partial charge in [-0.15, -0.1) is 0 Å². The molecule has 1 atom stereocenters. The summed E-state index contributed by atoms with van der Waals surface area (Å²) in [4.78, 5) is 11.9. The number of hydrogen-bond acceptors (Lipinski definition) is 2. The van der Waals surface area contributed by atoms with Crippen molar-refractivity contribution in [3.63, 3.8) is 0 Å². The average molecular weight is 333 g/mol. The van der Waals surface area contributed by atoms with Crippen LogP contribution >= 0.6 is 22.6 Å². The zero-order valence-corrected chi connectivity index (χ0v) is 11.6. The van der Waals surface area contributed by atoms with Gasteiger partial charge in [0.2, 0.25) is 0 Å². The van der Waals surface area contributed by atoms with Gasteiger partial charge in [-0.3, -0.25) is 4.79 Å². The van der Waals surface area contributed by atoms with E-state index in [9.17, 15) is 4.79 Å². The lowest BCUT2D eigenvalue weighted by atomic mass is 10.1. The van der Waals surface area contributed by atoms with Crippen LogP contribution in [0, 0.1) is 10.5 Å². The molecular formula is C12H16INO2. The molecule has 1 rings (SSSR count). The lowest BCUT2D eigenvalue weighted by Gasteiger charge is -2.13. The fourth-order valence-corrected chi connectivity index (χ4v) is 1.96. The predicted molar refractivity (Wildman–Crippen MR) is 72.5 cm³/mol. The molecule has 0 radical (unpaired) electrons. The molecule has 4 heteroatoms. The first kappa shape index (κ1) is 13.4. The number of nitrogens with one attached hydrogen (secondary N) is 1. The molecule has 0 aliphatic rings. The van der Waals surface area contributed by atoms with Crippen molar-refractivity contribution in [2.45, 2.75) is 26.3 Å². The lowest BCUT2D eigenvalue weighted by Crippen LogP contribution is -2.33. The highest BCUT2D eigenvalue weighted by atomic mass is 127. The molecule has 1 aromatic carbocycles. The number of hydrogen-bond donors (Lipinski definition) is 2. The Bertz CT molecular complexity index is 379. The van der Waals surface area contributed by atoms with Crippen molar-refractivity contribution >= 4 is 28.5 Å². The molecule has 1 unspecified atom stereocenters. The number of amides is 1. The van der Waals surface area contributed by atoms with Gasteiger partial charge in [-0.2, -0.15) is 0 Å². The number of aliphatic hydroxyl groups excluding tert-OH is 1. The van der Waals surface area contributed by atoms with E-state index >= 15 is 0 Å². The molecule has 0 saturated heterocycles. The third-order valence-electron chi connectivity index (χ3n) is 2.31. The molecule has 1 aromatic rings. The minimum Gasteiger partial charge on any atom is -0.396 e. The van der Waals surface area contributed by atoms with Crippen molar-refractivity contribution in [2.24, 2.45) is 0 Å². The van der Waals surface area contributed by atoms with Gasteiger partial charge in [-0.1, -0.05) is 11.6 Å². The highest BCUT2D eigenvalue weighted by Gasteiger charge is 2.12. The van der Waals surface area contributed by atoms with Crippen LogP contribution in [0.25, 0.3) is 0 Å². The third-order valence-corrected chi connectivity index (χ3v) is 3.25. The summed E-state index contributed by atoms with van der Waals surface area (Å²) >= 11 is 2.15. The smallest absolute Gasteiger partial charge is 0.252 e. The Kier molecular flexibility index (Phi) is 5.21. The first-order valence-corrected chi connectivity index (χ1v) is 6.30. The quantitative estimate of drug-likeness (QED) is 0.829. The Morgan fingerprint density at radius 3 is 2.88 bits per heavy atom. The van der Waals surface area contributed by atoms with E-state index in [-0.39, 0.29) is 18.6 Å². The van der Waals surface area contributed by atoms with Gasteiger partial charge in [-0.25, -0.2) is 0 Å². The summed E-state index contributed by atoms with van der Waals surface area (Å²) in [5, 5.41) is 11.6. The van der Waals surface area contributed by atoms with Crippen LogP contribution in [0.4, 0.5) is 0 Å². The van der Waals surface area contributed by atoms with E-state index in [2.05, 4.69) is 27.9 Å². The van der Waals surface area contributed by atoms with E-state index in [1.54, 1.807) is 0 Å². The summed E-state index contributed by atoms with van der Waals surface area (Å²) in [6.45, 7) is 3.94. The van der Waals surface area contributed by atoms with Crippen molar-refractivity contribution in [1.82, 2.24) is 5.32 Å². The maximum absolute atomic E-state index is 11.9. The second kappa shape index (κ2) is 6.20. The maximum atomic E-state index is 11.9. The van der Waals surface area contributed by atoms with Crippen LogP contribution in [0.15, 0.2) is 18.2 Å². The highest BCUT2D eigenvalue weighted by molar-refractivity contribution is 14.1. The number of halogens is 1. The monoisotopic (exact) mass is 333 g/mol. The number of benzene rings is 1. The van der Waals surface area contributed by atoms with Gasteiger partial charge in [0.15, 0.2) is 0 Å². The zero-order valence-electron chi connectivity index (χ0n) is 9.46. The van der Waals surface area contributed by atoms with Crippen LogP contribution in [0.1, 0.15) is 29.3 Å². The van der Waals surface area contributed by atoms with E-state index < -0.39 is 0 Å². The molecule has 0 saturated carbocycles. The van der Waals surface area contributed by atoms with E-state index in [0.717, 1.165) is 9.13 Å².